The molecule has 0 spiro atoms. The van der Waals surface area contributed by atoms with Crippen LogP contribution in [0.15, 0.2) is 97.2 Å². The Labute approximate surface area is 387 Å². The normalized spacial score (nSPS) is 13.4. The van der Waals surface area contributed by atoms with Gasteiger partial charge in [-0.05, 0) is 103 Å². The fourth-order valence-corrected chi connectivity index (χ4v) is 7.02. The van der Waals surface area contributed by atoms with Crippen molar-refractivity contribution in [2.45, 2.75) is 232 Å². The summed E-state index contributed by atoms with van der Waals surface area (Å²) >= 11 is 0. The van der Waals surface area contributed by atoms with Crippen molar-refractivity contribution in [1.82, 2.24) is 0 Å². The monoisotopic (exact) mass is 875 g/mol. The molecule has 0 aromatic carbocycles. The van der Waals surface area contributed by atoms with Crippen LogP contribution in [0.2, 0.25) is 0 Å². The fourth-order valence-electron chi connectivity index (χ4n) is 7.02. The second-order valence-corrected chi connectivity index (χ2v) is 16.9. The van der Waals surface area contributed by atoms with E-state index < -0.39 is 29.9 Å². The van der Waals surface area contributed by atoms with Gasteiger partial charge < -0.3 is 14.6 Å². The summed E-state index contributed by atoms with van der Waals surface area (Å²) in [7, 11) is 0. The first-order chi connectivity index (χ1) is 31.0. The minimum Gasteiger partial charge on any atom is -0.481 e. The molecule has 6 heteroatoms. The van der Waals surface area contributed by atoms with E-state index in [9.17, 15) is 19.5 Å². The van der Waals surface area contributed by atoms with E-state index in [0.29, 0.717) is 19.3 Å². The Balaban J connectivity index is 4.75. The van der Waals surface area contributed by atoms with Gasteiger partial charge in [-0.1, -0.05) is 208 Å². The number of hydrogen-bond donors (Lipinski definition) is 1. The Morgan fingerprint density at radius 3 is 1.10 bits per heavy atom. The quantitative estimate of drug-likeness (QED) is 0.0372. The summed E-state index contributed by atoms with van der Waals surface area (Å²) in [5.41, 5.74) is 0. The molecule has 6 nitrogen and oxygen atoms in total. The zero-order valence-electron chi connectivity index (χ0n) is 40.7. The molecule has 0 rings (SSSR count). The minimum atomic E-state index is -1.11. The fraction of sp³-hybridized carbons (Fsp3) is 0.667. The number of unbranched alkanes of at least 4 members (excludes halogenated alkanes) is 18. The Bertz CT molecular complexity index is 1300. The van der Waals surface area contributed by atoms with Crippen LogP contribution in [0, 0.1) is 5.92 Å². The Kier molecular flexibility index (Phi) is 46.5. The number of carboxylic acids is 1. The lowest BCUT2D eigenvalue weighted by atomic mass is 9.97. The topological polar surface area (TPSA) is 89.9 Å². The first kappa shape index (κ1) is 59.3. The van der Waals surface area contributed by atoms with E-state index in [2.05, 4.69) is 118 Å². The molecule has 0 heterocycles. The number of hydrogen-bond acceptors (Lipinski definition) is 5. The van der Waals surface area contributed by atoms with Gasteiger partial charge in [0, 0.05) is 12.8 Å². The Morgan fingerprint density at radius 2 is 0.714 bits per heavy atom. The number of carbonyl (C=O) groups excluding carboxylic acids is 2. The van der Waals surface area contributed by atoms with Crippen LogP contribution in [-0.4, -0.2) is 35.7 Å². The van der Waals surface area contributed by atoms with Gasteiger partial charge in [0.2, 0.25) is 0 Å². The third-order valence-electron chi connectivity index (χ3n) is 11.0. The Morgan fingerprint density at radius 1 is 0.397 bits per heavy atom. The molecule has 0 saturated carbocycles. The highest BCUT2D eigenvalue weighted by Gasteiger charge is 2.32. The van der Waals surface area contributed by atoms with E-state index in [1.807, 2.05) is 0 Å². The highest BCUT2D eigenvalue weighted by atomic mass is 16.6. The number of ether oxygens (including phenoxy) is 2. The predicted octanol–water partition coefficient (Wildman–Crippen LogP) is 17.1. The molecule has 2 unspecified atom stereocenters. The third kappa shape index (κ3) is 44.7. The van der Waals surface area contributed by atoms with E-state index in [1.165, 1.54) is 96.3 Å². The summed E-state index contributed by atoms with van der Waals surface area (Å²) in [6.07, 6.45) is 66.2. The van der Waals surface area contributed by atoms with Gasteiger partial charge in [-0.3, -0.25) is 14.4 Å². The molecule has 0 fully saturated rings. The molecule has 0 radical (unpaired) electrons. The van der Waals surface area contributed by atoms with Crippen LogP contribution in [0.5, 0.6) is 0 Å². The molecule has 0 aromatic rings. The number of aliphatic carboxylic acids is 1. The van der Waals surface area contributed by atoms with Crippen molar-refractivity contribution in [2.24, 2.45) is 5.92 Å². The van der Waals surface area contributed by atoms with Gasteiger partial charge in [0.1, 0.15) is 18.6 Å². The average Bonchev–Trinajstić information content (AvgIpc) is 3.27. The highest BCUT2D eigenvalue weighted by Crippen LogP contribution is 2.21. The molecule has 0 saturated heterocycles. The predicted molar refractivity (Wildman–Crippen MR) is 270 cm³/mol. The molecule has 0 amide bonds. The SMILES string of the molecule is CCCCCC=CCC=CCC=CCC=CCCCC(=O)OCC(C(=O)O)C(CCCCCCCCCCCCC)OC(=O)CCCC=CCC=CCC=CCC=CCCCCC. The van der Waals surface area contributed by atoms with Crippen molar-refractivity contribution in [3.05, 3.63) is 97.2 Å². The maximum absolute atomic E-state index is 13.0. The van der Waals surface area contributed by atoms with Crippen molar-refractivity contribution in [2.75, 3.05) is 6.61 Å². The molecule has 2 atom stereocenters. The van der Waals surface area contributed by atoms with Crippen LogP contribution < -0.4 is 0 Å². The largest absolute Gasteiger partial charge is 0.481 e. The summed E-state index contributed by atoms with van der Waals surface area (Å²) in [5, 5.41) is 10.2. The van der Waals surface area contributed by atoms with Gasteiger partial charge in [-0.2, -0.15) is 0 Å². The van der Waals surface area contributed by atoms with Crippen molar-refractivity contribution < 1.29 is 29.0 Å². The van der Waals surface area contributed by atoms with Gasteiger partial charge >= 0.3 is 17.9 Å². The van der Waals surface area contributed by atoms with E-state index in [4.69, 9.17) is 9.47 Å². The van der Waals surface area contributed by atoms with Crippen LogP contribution in [0.3, 0.4) is 0 Å². The third-order valence-corrected chi connectivity index (χ3v) is 11.0. The summed E-state index contributed by atoms with van der Waals surface area (Å²) in [6.45, 7) is 6.40. The molecule has 0 aromatic heterocycles. The molecule has 0 aliphatic rings. The van der Waals surface area contributed by atoms with Gasteiger partial charge in [0.25, 0.3) is 0 Å². The lowest BCUT2D eigenvalue weighted by Gasteiger charge is -2.24. The first-order valence-electron chi connectivity index (χ1n) is 25.7. The van der Waals surface area contributed by atoms with E-state index in [0.717, 1.165) is 77.0 Å². The standard InChI is InChI=1S/C57H94O6/c1-4-7-10-13-16-19-22-24-26-28-30-32-35-38-41-44-47-50-55(58)62-52-53(57(60)61)54(49-46-43-40-37-34-21-18-15-12-9-6-3)63-56(59)51-48-45-42-39-36-33-31-29-27-25-23-20-17-14-11-8-5-2/h16-17,19-20,24-27,30-33,38-39,41-42,53-54H,4-15,18,21-23,28-29,34-37,40,43-52H2,1-3H3,(H,60,61). The van der Waals surface area contributed by atoms with Gasteiger partial charge in [-0.25, -0.2) is 0 Å². The van der Waals surface area contributed by atoms with Crippen molar-refractivity contribution in [3.63, 3.8) is 0 Å². The molecule has 63 heavy (non-hydrogen) atoms. The molecular weight excluding hydrogens is 781 g/mol. The number of rotatable bonds is 45. The summed E-state index contributed by atoms with van der Waals surface area (Å²) in [6, 6.07) is 0. The van der Waals surface area contributed by atoms with Crippen LogP contribution in [-0.2, 0) is 23.9 Å². The van der Waals surface area contributed by atoms with Crippen molar-refractivity contribution >= 4 is 17.9 Å². The molecule has 0 aliphatic heterocycles. The number of allylic oxidation sites excluding steroid dienone is 16. The van der Waals surface area contributed by atoms with Gasteiger partial charge in [0.15, 0.2) is 0 Å². The lowest BCUT2D eigenvalue weighted by molar-refractivity contribution is -0.164. The second-order valence-electron chi connectivity index (χ2n) is 16.9. The zero-order chi connectivity index (χ0) is 45.9. The van der Waals surface area contributed by atoms with Crippen LogP contribution in [0.4, 0.5) is 0 Å². The molecule has 1 N–H and O–H groups in total. The zero-order valence-corrected chi connectivity index (χ0v) is 40.7. The summed E-state index contributed by atoms with van der Waals surface area (Å²) in [5.74, 6) is -3.01. The van der Waals surface area contributed by atoms with Crippen LogP contribution in [0.25, 0.3) is 0 Å². The molecule has 0 aliphatic carbocycles. The molecule has 358 valence electrons. The lowest BCUT2D eigenvalue weighted by Crippen LogP contribution is -2.36. The first-order valence-corrected chi connectivity index (χ1v) is 25.7. The molecular formula is C57H94O6. The number of carboxylic acid groups (broad SMARTS) is 1. The maximum atomic E-state index is 13.0. The van der Waals surface area contributed by atoms with Crippen LogP contribution >= 0.6 is 0 Å². The highest BCUT2D eigenvalue weighted by molar-refractivity contribution is 5.74. The van der Waals surface area contributed by atoms with E-state index in [-0.39, 0.29) is 19.4 Å². The summed E-state index contributed by atoms with van der Waals surface area (Å²) in [4.78, 5) is 38.1. The minimum absolute atomic E-state index is 0.213. The Hall–Kier alpha value is -3.67. The second kappa shape index (κ2) is 49.3. The average molecular weight is 875 g/mol. The smallest absolute Gasteiger partial charge is 0.313 e. The van der Waals surface area contributed by atoms with Crippen LogP contribution in [0.1, 0.15) is 226 Å². The summed E-state index contributed by atoms with van der Waals surface area (Å²) < 4.78 is 11.3. The number of carbonyl (C=O) groups is 3. The van der Waals surface area contributed by atoms with Crippen molar-refractivity contribution in [1.29, 1.82) is 0 Å². The van der Waals surface area contributed by atoms with Gasteiger partial charge in [-0.15, -0.1) is 0 Å². The van der Waals surface area contributed by atoms with Gasteiger partial charge in [0.05, 0.1) is 0 Å². The van der Waals surface area contributed by atoms with E-state index in [1.54, 1.807) is 0 Å². The number of esters is 2. The maximum Gasteiger partial charge on any atom is 0.313 e. The van der Waals surface area contributed by atoms with Crippen molar-refractivity contribution in [3.8, 4) is 0 Å². The molecule has 0 bridgehead atoms. The van der Waals surface area contributed by atoms with E-state index >= 15 is 0 Å².